The van der Waals surface area contributed by atoms with E-state index in [4.69, 9.17) is 9.47 Å². The van der Waals surface area contributed by atoms with Gasteiger partial charge in [-0.25, -0.2) is 0 Å². The monoisotopic (exact) mass is 295 g/mol. The Morgan fingerprint density at radius 2 is 1.95 bits per heavy atom. The highest BCUT2D eigenvalue weighted by Gasteiger charge is 2.49. The Morgan fingerprint density at radius 1 is 1.19 bits per heavy atom. The number of carbonyl (C=O) groups excluding carboxylic acids is 1. The van der Waals surface area contributed by atoms with Crippen molar-refractivity contribution in [1.29, 1.82) is 0 Å². The number of nitrogens with one attached hydrogen (secondary N) is 1. The van der Waals surface area contributed by atoms with E-state index >= 15 is 0 Å². The molecule has 3 aliphatic rings. The van der Waals surface area contributed by atoms with Crippen LogP contribution in [0.25, 0.3) is 0 Å². The average molecular weight is 295 g/mol. The predicted molar refractivity (Wildman–Crippen MR) is 81.1 cm³/mol. The third kappa shape index (κ3) is 3.78. The molecule has 0 radical (unpaired) electrons. The van der Waals surface area contributed by atoms with Crippen molar-refractivity contribution in [3.63, 3.8) is 0 Å². The summed E-state index contributed by atoms with van der Waals surface area (Å²) in [5.41, 5.74) is -0.475. The van der Waals surface area contributed by atoms with Crippen LogP contribution in [0.4, 0.5) is 0 Å². The van der Waals surface area contributed by atoms with Crippen LogP contribution in [-0.2, 0) is 14.3 Å². The van der Waals surface area contributed by atoms with E-state index in [-0.39, 0.29) is 12.1 Å². The van der Waals surface area contributed by atoms with Gasteiger partial charge in [0.2, 0.25) is 0 Å². The van der Waals surface area contributed by atoms with Crippen LogP contribution in [0, 0.1) is 5.92 Å². The van der Waals surface area contributed by atoms with E-state index in [1.807, 2.05) is 6.92 Å². The first-order chi connectivity index (χ1) is 10.2. The maximum atomic E-state index is 12.4. The van der Waals surface area contributed by atoms with Crippen molar-refractivity contribution in [3.8, 4) is 0 Å². The van der Waals surface area contributed by atoms with Gasteiger partial charge in [-0.05, 0) is 51.4 Å². The third-order valence-electron chi connectivity index (χ3n) is 5.24. The van der Waals surface area contributed by atoms with Gasteiger partial charge in [-0.1, -0.05) is 12.8 Å². The van der Waals surface area contributed by atoms with Gasteiger partial charge in [0.05, 0.1) is 12.7 Å². The highest BCUT2D eigenvalue weighted by atomic mass is 16.5. The normalized spacial score (nSPS) is 33.5. The minimum absolute atomic E-state index is 0.0659. The van der Waals surface area contributed by atoms with Crippen LogP contribution < -0.4 is 5.32 Å². The largest absolute Gasteiger partial charge is 0.465 e. The first-order valence-electron chi connectivity index (χ1n) is 8.78. The molecular weight excluding hydrogens is 266 g/mol. The summed E-state index contributed by atoms with van der Waals surface area (Å²) >= 11 is 0. The van der Waals surface area contributed by atoms with Crippen LogP contribution in [0.3, 0.4) is 0 Å². The molecule has 3 saturated carbocycles. The van der Waals surface area contributed by atoms with Gasteiger partial charge in [0, 0.05) is 19.1 Å². The van der Waals surface area contributed by atoms with Gasteiger partial charge in [-0.3, -0.25) is 10.1 Å². The van der Waals surface area contributed by atoms with Crippen molar-refractivity contribution in [2.24, 2.45) is 5.92 Å². The second-order valence-electron chi connectivity index (χ2n) is 7.07. The van der Waals surface area contributed by atoms with Crippen molar-refractivity contribution in [1.82, 2.24) is 5.32 Å². The van der Waals surface area contributed by atoms with Crippen LogP contribution in [0.1, 0.15) is 64.7 Å². The SMILES string of the molecule is CCOC(=O)C1(NC2CC2)CCC(OCC2CCCC2)C1. The zero-order valence-electron chi connectivity index (χ0n) is 13.2. The van der Waals surface area contributed by atoms with Crippen molar-refractivity contribution >= 4 is 5.97 Å². The van der Waals surface area contributed by atoms with Gasteiger partial charge >= 0.3 is 5.97 Å². The molecule has 3 fully saturated rings. The molecule has 21 heavy (non-hydrogen) atoms. The Morgan fingerprint density at radius 3 is 2.62 bits per heavy atom. The average Bonchev–Trinajstić information content (AvgIpc) is 2.98. The molecule has 0 aromatic carbocycles. The van der Waals surface area contributed by atoms with E-state index in [2.05, 4.69) is 5.32 Å². The lowest BCUT2D eigenvalue weighted by Crippen LogP contribution is -2.52. The fourth-order valence-electron chi connectivity index (χ4n) is 3.85. The van der Waals surface area contributed by atoms with Gasteiger partial charge in [-0.15, -0.1) is 0 Å². The van der Waals surface area contributed by atoms with E-state index in [9.17, 15) is 4.79 Å². The molecule has 2 unspecified atom stereocenters. The molecule has 4 heteroatoms. The zero-order valence-corrected chi connectivity index (χ0v) is 13.2. The summed E-state index contributed by atoms with van der Waals surface area (Å²) in [5, 5.41) is 3.55. The van der Waals surface area contributed by atoms with Crippen LogP contribution in [0.15, 0.2) is 0 Å². The molecule has 1 N–H and O–H groups in total. The summed E-state index contributed by atoms with van der Waals surface area (Å²) in [4.78, 5) is 12.4. The Labute approximate surface area is 127 Å². The predicted octanol–water partition coefficient (Wildman–Crippen LogP) is 2.80. The minimum atomic E-state index is -0.475. The summed E-state index contributed by atoms with van der Waals surface area (Å²) in [5.74, 6) is 0.683. The van der Waals surface area contributed by atoms with Crippen LogP contribution in [0.2, 0.25) is 0 Å². The second kappa shape index (κ2) is 6.66. The zero-order chi connectivity index (χ0) is 14.7. The van der Waals surface area contributed by atoms with Crippen molar-refractivity contribution < 1.29 is 14.3 Å². The van der Waals surface area contributed by atoms with Crippen LogP contribution in [-0.4, -0.2) is 36.9 Å². The molecule has 0 amide bonds. The quantitative estimate of drug-likeness (QED) is 0.734. The van der Waals surface area contributed by atoms with E-state index < -0.39 is 5.54 Å². The smallest absolute Gasteiger partial charge is 0.326 e. The molecule has 0 heterocycles. The summed E-state index contributed by atoms with van der Waals surface area (Å²) in [6.45, 7) is 3.22. The summed E-state index contributed by atoms with van der Waals surface area (Å²) in [6, 6.07) is 0.517. The van der Waals surface area contributed by atoms with Gasteiger partial charge in [0.25, 0.3) is 0 Å². The number of hydrogen-bond acceptors (Lipinski definition) is 4. The standard InChI is InChI=1S/C17H29NO3/c1-2-20-16(19)17(18-14-7-8-14)10-9-15(11-17)21-12-13-5-3-4-6-13/h13-15,18H,2-12H2,1H3. The van der Waals surface area contributed by atoms with Gasteiger partial charge in [0.15, 0.2) is 0 Å². The summed E-state index contributed by atoms with van der Waals surface area (Å²) in [7, 11) is 0. The molecule has 0 saturated heterocycles. The lowest BCUT2D eigenvalue weighted by molar-refractivity contribution is -0.151. The molecule has 4 nitrogen and oxygen atoms in total. The Kier molecular flexibility index (Phi) is 4.85. The second-order valence-corrected chi connectivity index (χ2v) is 7.07. The lowest BCUT2D eigenvalue weighted by Gasteiger charge is -2.28. The molecule has 3 rings (SSSR count). The van der Waals surface area contributed by atoms with Gasteiger partial charge < -0.3 is 9.47 Å². The van der Waals surface area contributed by atoms with Crippen LogP contribution >= 0.6 is 0 Å². The van der Waals surface area contributed by atoms with E-state index in [1.54, 1.807) is 0 Å². The first-order valence-corrected chi connectivity index (χ1v) is 8.78. The minimum Gasteiger partial charge on any atom is -0.465 e. The molecule has 3 aliphatic carbocycles. The van der Waals surface area contributed by atoms with Gasteiger partial charge in [-0.2, -0.15) is 0 Å². The molecule has 2 atom stereocenters. The Balaban J connectivity index is 1.53. The molecular formula is C17H29NO3. The van der Waals surface area contributed by atoms with Gasteiger partial charge in [0.1, 0.15) is 5.54 Å². The Bertz CT molecular complexity index is 363. The molecule has 0 aromatic rings. The summed E-state index contributed by atoms with van der Waals surface area (Å²) < 4.78 is 11.5. The fourth-order valence-corrected chi connectivity index (χ4v) is 3.85. The Hall–Kier alpha value is -0.610. The molecule has 120 valence electrons. The van der Waals surface area contributed by atoms with E-state index in [0.717, 1.165) is 31.8 Å². The number of carbonyl (C=O) groups is 1. The number of rotatable bonds is 7. The highest BCUT2D eigenvalue weighted by Crippen LogP contribution is 2.37. The number of esters is 1. The van der Waals surface area contributed by atoms with Crippen LogP contribution in [0.5, 0.6) is 0 Å². The third-order valence-corrected chi connectivity index (χ3v) is 5.24. The molecule has 0 bridgehead atoms. The molecule has 0 spiro atoms. The maximum absolute atomic E-state index is 12.4. The number of hydrogen-bond donors (Lipinski definition) is 1. The van der Waals surface area contributed by atoms with E-state index in [0.29, 0.717) is 12.6 Å². The topological polar surface area (TPSA) is 47.6 Å². The van der Waals surface area contributed by atoms with Crippen molar-refractivity contribution in [3.05, 3.63) is 0 Å². The maximum Gasteiger partial charge on any atom is 0.326 e. The first kappa shape index (κ1) is 15.3. The highest BCUT2D eigenvalue weighted by molar-refractivity contribution is 5.81. The number of ether oxygens (including phenoxy) is 2. The molecule has 0 aromatic heterocycles. The van der Waals surface area contributed by atoms with Crippen molar-refractivity contribution in [2.75, 3.05) is 13.2 Å². The molecule has 0 aliphatic heterocycles. The van der Waals surface area contributed by atoms with E-state index in [1.165, 1.54) is 38.5 Å². The fraction of sp³-hybridized carbons (Fsp3) is 0.941. The van der Waals surface area contributed by atoms with Crippen molar-refractivity contribution in [2.45, 2.75) is 82.4 Å². The summed E-state index contributed by atoms with van der Waals surface area (Å²) in [6.07, 6.45) is 10.6. The lowest BCUT2D eigenvalue weighted by atomic mass is 9.97.